The van der Waals surface area contributed by atoms with E-state index in [1.807, 2.05) is 23.1 Å². The Hall–Kier alpha value is -1.83. The number of nitrogens with zero attached hydrogens (tertiary/aromatic N) is 2. The van der Waals surface area contributed by atoms with Crippen LogP contribution in [0.4, 0.5) is 0 Å². The van der Waals surface area contributed by atoms with Crippen LogP contribution >= 0.6 is 0 Å². The van der Waals surface area contributed by atoms with E-state index in [2.05, 4.69) is 37.6 Å². The van der Waals surface area contributed by atoms with Crippen LogP contribution < -0.4 is 0 Å². The molecule has 0 aliphatic carbocycles. The van der Waals surface area contributed by atoms with Gasteiger partial charge in [-0.3, -0.25) is 9.69 Å². The van der Waals surface area contributed by atoms with E-state index < -0.39 is 0 Å². The number of hydrogen-bond acceptors (Lipinski definition) is 3. The predicted molar refractivity (Wildman–Crippen MR) is 83.0 cm³/mol. The fourth-order valence-corrected chi connectivity index (χ4v) is 2.50. The van der Waals surface area contributed by atoms with E-state index in [-0.39, 0.29) is 18.1 Å². The summed E-state index contributed by atoms with van der Waals surface area (Å²) in [4.78, 5) is 16.9. The van der Waals surface area contributed by atoms with Gasteiger partial charge >= 0.3 is 0 Å². The van der Waals surface area contributed by atoms with Crippen LogP contribution in [-0.2, 0) is 0 Å². The van der Waals surface area contributed by atoms with Gasteiger partial charge in [0.05, 0.1) is 5.56 Å². The van der Waals surface area contributed by atoms with Crippen molar-refractivity contribution in [1.29, 1.82) is 0 Å². The largest absolute Gasteiger partial charge is 0.384 e. The quantitative estimate of drug-likeness (QED) is 0.789. The molecule has 0 spiro atoms. The molecule has 0 bridgehead atoms. The lowest BCUT2D eigenvalue weighted by Crippen LogP contribution is -2.58. The normalized spacial score (nSPS) is 18.0. The fraction of sp³-hybridized carbons (Fsp3) is 0.471. The van der Waals surface area contributed by atoms with Crippen molar-refractivity contribution in [2.75, 3.05) is 33.3 Å². The summed E-state index contributed by atoms with van der Waals surface area (Å²) in [5.74, 6) is 5.48. The first-order valence-electron chi connectivity index (χ1n) is 7.15. The van der Waals surface area contributed by atoms with Gasteiger partial charge in [-0.05, 0) is 33.0 Å². The Morgan fingerprint density at radius 3 is 2.71 bits per heavy atom. The van der Waals surface area contributed by atoms with E-state index in [1.165, 1.54) is 0 Å². The van der Waals surface area contributed by atoms with E-state index in [1.54, 1.807) is 6.07 Å². The SMILES string of the molecule is CN1CCN(C(=O)c2ccccc2C#CCO)CC1(C)C. The van der Waals surface area contributed by atoms with Gasteiger partial charge in [-0.1, -0.05) is 24.0 Å². The van der Waals surface area contributed by atoms with Crippen LogP contribution in [0.25, 0.3) is 0 Å². The highest BCUT2D eigenvalue weighted by molar-refractivity contribution is 5.96. The van der Waals surface area contributed by atoms with Gasteiger partial charge in [0.25, 0.3) is 5.91 Å². The molecule has 112 valence electrons. The molecule has 1 amide bonds. The number of rotatable bonds is 1. The molecular formula is C17H22N2O2. The van der Waals surface area contributed by atoms with Gasteiger partial charge in [-0.15, -0.1) is 0 Å². The molecule has 1 heterocycles. The summed E-state index contributed by atoms with van der Waals surface area (Å²) in [7, 11) is 2.09. The van der Waals surface area contributed by atoms with E-state index in [0.717, 1.165) is 13.1 Å². The van der Waals surface area contributed by atoms with Crippen molar-refractivity contribution >= 4 is 5.91 Å². The molecule has 1 aromatic carbocycles. The van der Waals surface area contributed by atoms with Gasteiger partial charge in [-0.25, -0.2) is 0 Å². The maximum absolute atomic E-state index is 12.8. The Labute approximate surface area is 126 Å². The molecule has 0 unspecified atom stereocenters. The summed E-state index contributed by atoms with van der Waals surface area (Å²) in [6, 6.07) is 7.32. The molecule has 0 saturated carbocycles. The number of piperazine rings is 1. The number of carbonyl (C=O) groups excluding carboxylic acids is 1. The maximum Gasteiger partial charge on any atom is 0.255 e. The van der Waals surface area contributed by atoms with E-state index >= 15 is 0 Å². The van der Waals surface area contributed by atoms with Crippen LogP contribution in [0.5, 0.6) is 0 Å². The fourth-order valence-electron chi connectivity index (χ4n) is 2.50. The lowest BCUT2D eigenvalue weighted by atomic mass is 9.98. The monoisotopic (exact) mass is 286 g/mol. The number of likely N-dealkylation sites (N-methyl/N-ethyl adjacent to an activating group) is 1. The Bertz CT molecular complexity index is 584. The van der Waals surface area contributed by atoms with Crippen molar-refractivity contribution < 1.29 is 9.90 Å². The summed E-state index contributed by atoms with van der Waals surface area (Å²) >= 11 is 0. The second kappa shape index (κ2) is 6.30. The third-order valence-corrected chi connectivity index (χ3v) is 4.06. The highest BCUT2D eigenvalue weighted by Crippen LogP contribution is 2.21. The molecule has 0 aromatic heterocycles. The summed E-state index contributed by atoms with van der Waals surface area (Å²) in [5, 5.41) is 8.83. The van der Waals surface area contributed by atoms with E-state index in [4.69, 9.17) is 5.11 Å². The summed E-state index contributed by atoms with van der Waals surface area (Å²) in [5.41, 5.74) is 1.26. The Balaban J connectivity index is 2.25. The van der Waals surface area contributed by atoms with Crippen LogP contribution in [0.15, 0.2) is 24.3 Å². The molecule has 4 nitrogen and oxygen atoms in total. The minimum atomic E-state index is -0.204. The zero-order valence-electron chi connectivity index (χ0n) is 12.9. The second-order valence-corrected chi connectivity index (χ2v) is 5.97. The van der Waals surface area contributed by atoms with Crippen molar-refractivity contribution in [2.45, 2.75) is 19.4 Å². The van der Waals surface area contributed by atoms with Crippen LogP contribution in [-0.4, -0.2) is 59.6 Å². The van der Waals surface area contributed by atoms with Crippen molar-refractivity contribution in [1.82, 2.24) is 9.80 Å². The summed E-state index contributed by atoms with van der Waals surface area (Å²) in [6.45, 7) is 6.37. The average Bonchev–Trinajstić information content (AvgIpc) is 2.47. The number of aliphatic hydroxyl groups excluding tert-OH is 1. The molecule has 2 rings (SSSR count). The topological polar surface area (TPSA) is 43.8 Å². The van der Waals surface area contributed by atoms with Gasteiger partial charge < -0.3 is 10.0 Å². The van der Waals surface area contributed by atoms with Crippen LogP contribution in [0.2, 0.25) is 0 Å². The molecule has 1 aliphatic heterocycles. The highest BCUT2D eigenvalue weighted by atomic mass is 16.2. The second-order valence-electron chi connectivity index (χ2n) is 5.97. The third-order valence-electron chi connectivity index (χ3n) is 4.06. The molecule has 1 saturated heterocycles. The van der Waals surface area contributed by atoms with E-state index in [0.29, 0.717) is 17.7 Å². The van der Waals surface area contributed by atoms with E-state index in [9.17, 15) is 4.79 Å². The Morgan fingerprint density at radius 1 is 1.33 bits per heavy atom. The minimum Gasteiger partial charge on any atom is -0.384 e. The Kier molecular flexibility index (Phi) is 4.66. The first kappa shape index (κ1) is 15.6. The third kappa shape index (κ3) is 3.44. The zero-order valence-corrected chi connectivity index (χ0v) is 12.9. The molecule has 4 heteroatoms. The first-order valence-corrected chi connectivity index (χ1v) is 7.15. The Morgan fingerprint density at radius 2 is 2.05 bits per heavy atom. The number of amides is 1. The number of aliphatic hydroxyl groups is 1. The lowest BCUT2D eigenvalue weighted by Gasteiger charge is -2.45. The molecular weight excluding hydrogens is 264 g/mol. The van der Waals surface area contributed by atoms with Crippen molar-refractivity contribution in [2.24, 2.45) is 0 Å². The van der Waals surface area contributed by atoms with Crippen LogP contribution in [0.3, 0.4) is 0 Å². The number of benzene rings is 1. The first-order chi connectivity index (χ1) is 9.95. The van der Waals surface area contributed by atoms with Gasteiger partial charge in [0.1, 0.15) is 6.61 Å². The predicted octanol–water partition coefficient (Wildman–Crippen LogP) is 1.20. The molecule has 1 aliphatic rings. The maximum atomic E-state index is 12.8. The minimum absolute atomic E-state index is 0.0130. The van der Waals surface area contributed by atoms with Crippen molar-refractivity contribution in [3.63, 3.8) is 0 Å². The average molecular weight is 286 g/mol. The van der Waals surface area contributed by atoms with Crippen molar-refractivity contribution in [3.05, 3.63) is 35.4 Å². The molecule has 1 N–H and O–H groups in total. The zero-order chi connectivity index (χ0) is 15.5. The highest BCUT2D eigenvalue weighted by Gasteiger charge is 2.33. The summed E-state index contributed by atoms with van der Waals surface area (Å²) < 4.78 is 0. The smallest absolute Gasteiger partial charge is 0.255 e. The molecule has 1 fully saturated rings. The number of hydrogen-bond donors (Lipinski definition) is 1. The number of carbonyl (C=O) groups is 1. The molecule has 1 aromatic rings. The molecule has 0 atom stereocenters. The van der Waals surface area contributed by atoms with Crippen LogP contribution in [0, 0.1) is 11.8 Å². The standard InChI is InChI=1S/C17H22N2O2/c1-17(2)13-19(11-10-18(17)3)16(21)15-9-5-4-7-14(15)8-6-12-20/h4-5,7,9,20H,10-13H2,1-3H3. The van der Waals surface area contributed by atoms with Gasteiger partial charge in [-0.2, -0.15) is 0 Å². The van der Waals surface area contributed by atoms with Crippen LogP contribution in [0.1, 0.15) is 29.8 Å². The van der Waals surface area contributed by atoms with Gasteiger partial charge in [0.2, 0.25) is 0 Å². The summed E-state index contributed by atoms with van der Waals surface area (Å²) in [6.07, 6.45) is 0. The van der Waals surface area contributed by atoms with Crippen molar-refractivity contribution in [3.8, 4) is 11.8 Å². The molecule has 21 heavy (non-hydrogen) atoms. The van der Waals surface area contributed by atoms with Gasteiger partial charge in [0, 0.05) is 30.7 Å². The van der Waals surface area contributed by atoms with Gasteiger partial charge in [0.15, 0.2) is 0 Å². The lowest BCUT2D eigenvalue weighted by molar-refractivity contribution is 0.0311. The molecule has 0 radical (unpaired) electrons.